The van der Waals surface area contributed by atoms with E-state index in [1.807, 2.05) is 26.2 Å². The molecule has 0 aliphatic heterocycles. The van der Waals surface area contributed by atoms with Crippen LogP contribution in [0.2, 0.25) is 0 Å². The predicted octanol–water partition coefficient (Wildman–Crippen LogP) is 1.47. The molecule has 1 aromatic heterocycles. The highest BCUT2D eigenvalue weighted by atomic mass is 32.1. The van der Waals surface area contributed by atoms with Gasteiger partial charge in [-0.1, -0.05) is 13.8 Å². The summed E-state index contributed by atoms with van der Waals surface area (Å²) in [6, 6.07) is 0. The summed E-state index contributed by atoms with van der Waals surface area (Å²) < 4.78 is 0. The Balaban J connectivity index is 1.81. The van der Waals surface area contributed by atoms with Crippen molar-refractivity contribution in [1.29, 1.82) is 0 Å². The Morgan fingerprint density at radius 1 is 1.47 bits per heavy atom. The second-order valence-electron chi connectivity index (χ2n) is 5.54. The Kier molecular flexibility index (Phi) is 3.62. The first kappa shape index (κ1) is 14.0. The molecule has 5 nitrogen and oxygen atoms in total. The van der Waals surface area contributed by atoms with Crippen LogP contribution in [0.4, 0.5) is 0 Å². The lowest BCUT2D eigenvalue weighted by Crippen LogP contribution is -2.29. The van der Waals surface area contributed by atoms with Crippen LogP contribution in [0.15, 0.2) is 5.38 Å². The average Bonchev–Trinajstić information content (AvgIpc) is 2.65. The maximum Gasteiger partial charge on any atom is 0.307 e. The van der Waals surface area contributed by atoms with Gasteiger partial charge in [0, 0.05) is 24.0 Å². The zero-order valence-corrected chi connectivity index (χ0v) is 12.1. The molecule has 1 aliphatic rings. The number of hydrogen-bond donors (Lipinski definition) is 2. The van der Waals surface area contributed by atoms with Crippen molar-refractivity contribution in [3.63, 3.8) is 0 Å². The van der Waals surface area contributed by atoms with Crippen molar-refractivity contribution in [2.24, 2.45) is 17.3 Å². The Hall–Kier alpha value is -1.43. The molecule has 0 saturated heterocycles. The molecule has 1 amide bonds. The maximum atomic E-state index is 11.9. The van der Waals surface area contributed by atoms with Crippen LogP contribution in [-0.2, 0) is 16.0 Å². The second-order valence-corrected chi connectivity index (χ2v) is 6.48. The van der Waals surface area contributed by atoms with Gasteiger partial charge in [0.1, 0.15) is 0 Å². The molecule has 0 aromatic carbocycles. The summed E-state index contributed by atoms with van der Waals surface area (Å²) in [5, 5.41) is 14.8. The fourth-order valence-electron chi connectivity index (χ4n) is 2.51. The smallest absolute Gasteiger partial charge is 0.307 e. The van der Waals surface area contributed by atoms with E-state index >= 15 is 0 Å². The minimum absolute atomic E-state index is 0.161. The Labute approximate surface area is 116 Å². The molecular weight excluding hydrogens is 264 g/mol. The monoisotopic (exact) mass is 282 g/mol. The Morgan fingerprint density at radius 2 is 2.16 bits per heavy atom. The van der Waals surface area contributed by atoms with Gasteiger partial charge >= 0.3 is 5.97 Å². The van der Waals surface area contributed by atoms with Crippen LogP contribution >= 0.6 is 11.3 Å². The minimum Gasteiger partial charge on any atom is -0.481 e. The van der Waals surface area contributed by atoms with Crippen LogP contribution in [0, 0.1) is 24.2 Å². The van der Waals surface area contributed by atoms with Crippen LogP contribution in [0.25, 0.3) is 0 Å². The number of aromatic nitrogens is 1. The third-order valence-electron chi connectivity index (χ3n) is 3.68. The van der Waals surface area contributed by atoms with Crippen molar-refractivity contribution < 1.29 is 14.7 Å². The summed E-state index contributed by atoms with van der Waals surface area (Å²) in [4.78, 5) is 27.3. The van der Waals surface area contributed by atoms with Crippen molar-refractivity contribution in [3.8, 4) is 0 Å². The highest BCUT2D eigenvalue weighted by Crippen LogP contribution is 2.58. The van der Waals surface area contributed by atoms with Gasteiger partial charge in [-0.3, -0.25) is 9.59 Å². The molecule has 0 spiro atoms. The molecule has 0 radical (unpaired) electrons. The van der Waals surface area contributed by atoms with Crippen molar-refractivity contribution >= 4 is 23.2 Å². The topological polar surface area (TPSA) is 79.3 Å². The lowest BCUT2D eigenvalue weighted by atomic mass is 10.1. The molecule has 1 heterocycles. The van der Waals surface area contributed by atoms with E-state index < -0.39 is 23.2 Å². The molecule has 0 bridgehead atoms. The van der Waals surface area contributed by atoms with Gasteiger partial charge in [0.05, 0.1) is 16.8 Å². The number of nitrogens with one attached hydrogen (secondary N) is 1. The standard InChI is InChI=1S/C13H18N2O3S/c1-7-6-19-8(15-7)4-5-14-11(16)9-10(12(17)18)13(9,2)3/h6,9-10H,4-5H2,1-3H3,(H,14,16)(H,17,18)/t9-,10+/m1/s1. The first-order valence-electron chi connectivity index (χ1n) is 6.25. The van der Waals surface area contributed by atoms with Crippen LogP contribution < -0.4 is 5.32 Å². The van der Waals surface area contributed by atoms with Gasteiger partial charge in [-0.2, -0.15) is 0 Å². The fraction of sp³-hybridized carbons (Fsp3) is 0.615. The number of hydrogen-bond acceptors (Lipinski definition) is 4. The number of aryl methyl sites for hydroxylation is 1. The van der Waals surface area contributed by atoms with Gasteiger partial charge in [-0.15, -0.1) is 11.3 Å². The number of nitrogens with zero attached hydrogens (tertiary/aromatic N) is 1. The highest BCUT2D eigenvalue weighted by Gasteiger charge is 2.65. The number of carboxylic acids is 1. The second kappa shape index (κ2) is 4.92. The number of carbonyl (C=O) groups excluding carboxylic acids is 1. The SMILES string of the molecule is Cc1csc(CCNC(=O)[C@H]2[C@@H](C(=O)O)C2(C)C)n1. The molecule has 2 N–H and O–H groups in total. The van der Waals surface area contributed by atoms with Crippen molar-refractivity contribution in [2.75, 3.05) is 6.54 Å². The summed E-state index contributed by atoms with van der Waals surface area (Å²) >= 11 is 1.57. The molecule has 2 rings (SSSR count). The molecule has 2 atom stereocenters. The van der Waals surface area contributed by atoms with Crippen molar-refractivity contribution in [3.05, 3.63) is 16.1 Å². The lowest BCUT2D eigenvalue weighted by Gasteiger charge is -2.04. The van der Waals surface area contributed by atoms with Gasteiger partial charge in [0.15, 0.2) is 0 Å². The summed E-state index contributed by atoms with van der Waals surface area (Å²) in [6.07, 6.45) is 0.690. The van der Waals surface area contributed by atoms with Gasteiger partial charge < -0.3 is 10.4 Å². The molecule has 6 heteroatoms. The average molecular weight is 282 g/mol. The number of thiazole rings is 1. The van der Waals surface area contributed by atoms with Crippen molar-refractivity contribution in [1.82, 2.24) is 10.3 Å². The van der Waals surface area contributed by atoms with Crippen LogP contribution in [0.1, 0.15) is 24.5 Å². The first-order chi connectivity index (χ1) is 8.84. The first-order valence-corrected chi connectivity index (χ1v) is 7.13. The number of amides is 1. The van der Waals surface area contributed by atoms with Crippen LogP contribution in [0.5, 0.6) is 0 Å². The van der Waals surface area contributed by atoms with Gasteiger partial charge in [0.25, 0.3) is 0 Å². The predicted molar refractivity (Wildman–Crippen MR) is 72.0 cm³/mol. The maximum absolute atomic E-state index is 11.9. The summed E-state index contributed by atoms with van der Waals surface area (Å²) in [5.41, 5.74) is 0.550. The Bertz CT molecular complexity index is 510. The van der Waals surface area contributed by atoms with E-state index in [2.05, 4.69) is 10.3 Å². The summed E-state index contributed by atoms with van der Waals surface area (Å²) in [6.45, 7) is 6.08. The fourth-order valence-corrected chi connectivity index (χ4v) is 3.28. The molecule has 1 aromatic rings. The number of aliphatic carboxylic acids is 1. The van der Waals surface area contributed by atoms with Crippen LogP contribution in [0.3, 0.4) is 0 Å². The zero-order chi connectivity index (χ0) is 14.2. The molecular formula is C13H18N2O3S. The van der Waals surface area contributed by atoms with E-state index in [-0.39, 0.29) is 5.91 Å². The highest BCUT2D eigenvalue weighted by molar-refractivity contribution is 7.09. The number of rotatable bonds is 5. The molecule has 0 unspecified atom stereocenters. The molecule has 1 saturated carbocycles. The molecule has 19 heavy (non-hydrogen) atoms. The van der Waals surface area contributed by atoms with Gasteiger partial charge in [-0.05, 0) is 12.3 Å². The van der Waals surface area contributed by atoms with Crippen LogP contribution in [-0.4, -0.2) is 28.5 Å². The number of carboxylic acid groups (broad SMARTS) is 1. The van der Waals surface area contributed by atoms with E-state index in [1.165, 1.54) is 0 Å². The third-order valence-corrected chi connectivity index (χ3v) is 4.71. The zero-order valence-electron chi connectivity index (χ0n) is 11.3. The third kappa shape index (κ3) is 2.78. The summed E-state index contributed by atoms with van der Waals surface area (Å²) in [7, 11) is 0. The lowest BCUT2D eigenvalue weighted by molar-refractivity contribution is -0.140. The molecule has 104 valence electrons. The quantitative estimate of drug-likeness (QED) is 0.857. The molecule has 1 aliphatic carbocycles. The van der Waals surface area contributed by atoms with Gasteiger partial charge in [0.2, 0.25) is 5.91 Å². The van der Waals surface area contributed by atoms with Gasteiger partial charge in [-0.25, -0.2) is 4.98 Å². The van der Waals surface area contributed by atoms with E-state index in [1.54, 1.807) is 11.3 Å². The Morgan fingerprint density at radius 3 is 2.63 bits per heavy atom. The number of carbonyl (C=O) groups is 2. The molecule has 1 fully saturated rings. The normalized spacial score (nSPS) is 23.9. The van der Waals surface area contributed by atoms with E-state index in [0.717, 1.165) is 10.7 Å². The van der Waals surface area contributed by atoms with E-state index in [9.17, 15) is 9.59 Å². The van der Waals surface area contributed by atoms with E-state index in [4.69, 9.17) is 5.11 Å². The summed E-state index contributed by atoms with van der Waals surface area (Å²) in [5.74, 6) is -2.02. The minimum atomic E-state index is -0.888. The largest absolute Gasteiger partial charge is 0.481 e. The van der Waals surface area contributed by atoms with Crippen molar-refractivity contribution in [2.45, 2.75) is 27.2 Å². The van der Waals surface area contributed by atoms with E-state index in [0.29, 0.717) is 13.0 Å².